The molecule has 0 aromatic heterocycles. The Balaban J connectivity index is 1.43. The second-order valence-corrected chi connectivity index (χ2v) is 6.30. The van der Waals surface area contributed by atoms with E-state index in [1.807, 2.05) is 36.4 Å². The zero-order chi connectivity index (χ0) is 20.4. The molecule has 146 valence electrons. The van der Waals surface area contributed by atoms with Gasteiger partial charge < -0.3 is 14.6 Å². The fourth-order valence-electron chi connectivity index (χ4n) is 2.89. The molecular formula is C20H15N3O6. The minimum absolute atomic E-state index is 0.0252. The summed E-state index contributed by atoms with van der Waals surface area (Å²) >= 11 is 0. The lowest BCUT2D eigenvalue weighted by Crippen LogP contribution is -2.42. The molecule has 0 bridgehead atoms. The number of phenols is 1. The SMILES string of the molecule is O=C(N/N=C/c1ccc(O)c([N+](=O)[O-])c1)C1COc2cc3ccccc3cc2O1. The number of nitro groups is 1. The molecule has 29 heavy (non-hydrogen) atoms. The van der Waals surface area contributed by atoms with Crippen LogP contribution < -0.4 is 14.9 Å². The van der Waals surface area contributed by atoms with Crippen molar-refractivity contribution >= 4 is 28.6 Å². The lowest BCUT2D eigenvalue weighted by molar-refractivity contribution is -0.385. The van der Waals surface area contributed by atoms with Crippen LogP contribution in [0.15, 0.2) is 59.7 Å². The van der Waals surface area contributed by atoms with E-state index in [-0.39, 0.29) is 6.61 Å². The highest BCUT2D eigenvalue weighted by atomic mass is 16.6. The second kappa shape index (κ2) is 7.47. The number of nitro benzene ring substituents is 1. The number of hydrogen-bond donors (Lipinski definition) is 2. The van der Waals surface area contributed by atoms with Crippen molar-refractivity contribution in [3.8, 4) is 17.2 Å². The molecule has 3 aromatic carbocycles. The molecule has 1 heterocycles. The van der Waals surface area contributed by atoms with Crippen LogP contribution in [0.4, 0.5) is 5.69 Å². The lowest BCUT2D eigenvalue weighted by atomic mass is 10.1. The highest BCUT2D eigenvalue weighted by Gasteiger charge is 2.27. The smallest absolute Gasteiger partial charge is 0.311 e. The van der Waals surface area contributed by atoms with Gasteiger partial charge in [-0.1, -0.05) is 24.3 Å². The van der Waals surface area contributed by atoms with Gasteiger partial charge >= 0.3 is 5.69 Å². The Kier molecular flexibility index (Phi) is 4.70. The summed E-state index contributed by atoms with van der Waals surface area (Å²) < 4.78 is 11.4. The average molecular weight is 393 g/mol. The Morgan fingerprint density at radius 1 is 1.17 bits per heavy atom. The summed E-state index contributed by atoms with van der Waals surface area (Å²) in [5.74, 6) is 0.0596. The Bertz CT molecular complexity index is 1140. The summed E-state index contributed by atoms with van der Waals surface area (Å²) in [4.78, 5) is 22.5. The maximum atomic E-state index is 12.3. The summed E-state index contributed by atoms with van der Waals surface area (Å²) in [6.07, 6.45) is 0.338. The molecule has 4 rings (SSSR count). The summed E-state index contributed by atoms with van der Waals surface area (Å²) in [6.45, 7) is 0.0252. The van der Waals surface area contributed by atoms with Crippen molar-refractivity contribution in [1.29, 1.82) is 0 Å². The number of phenolic OH excluding ortho intramolecular Hbond substituents is 1. The van der Waals surface area contributed by atoms with Gasteiger partial charge in [-0.2, -0.15) is 5.10 Å². The van der Waals surface area contributed by atoms with Crippen molar-refractivity contribution in [1.82, 2.24) is 5.43 Å². The topological polar surface area (TPSA) is 123 Å². The van der Waals surface area contributed by atoms with E-state index in [1.54, 1.807) is 0 Å². The van der Waals surface area contributed by atoms with Crippen LogP contribution in [0.5, 0.6) is 17.2 Å². The third-order valence-electron chi connectivity index (χ3n) is 4.35. The van der Waals surface area contributed by atoms with E-state index >= 15 is 0 Å². The number of hydrazone groups is 1. The molecule has 0 spiro atoms. The third-order valence-corrected chi connectivity index (χ3v) is 4.35. The number of nitrogens with zero attached hydrogens (tertiary/aromatic N) is 2. The van der Waals surface area contributed by atoms with E-state index in [0.29, 0.717) is 17.1 Å². The van der Waals surface area contributed by atoms with Crippen LogP contribution in [-0.4, -0.2) is 34.9 Å². The molecule has 1 atom stereocenters. The van der Waals surface area contributed by atoms with Crippen molar-refractivity contribution in [2.75, 3.05) is 6.61 Å². The largest absolute Gasteiger partial charge is 0.502 e. The van der Waals surface area contributed by atoms with Gasteiger partial charge in [-0.15, -0.1) is 0 Å². The molecule has 0 aliphatic carbocycles. The Labute approximate surface area is 164 Å². The molecule has 1 aliphatic heterocycles. The van der Waals surface area contributed by atoms with Crippen LogP contribution in [0.1, 0.15) is 5.56 Å². The molecule has 0 saturated carbocycles. The van der Waals surface area contributed by atoms with Crippen LogP contribution in [0.3, 0.4) is 0 Å². The molecule has 1 amide bonds. The zero-order valence-electron chi connectivity index (χ0n) is 14.9. The first-order valence-electron chi connectivity index (χ1n) is 8.64. The molecule has 1 unspecified atom stereocenters. The van der Waals surface area contributed by atoms with Crippen molar-refractivity contribution in [3.05, 3.63) is 70.3 Å². The van der Waals surface area contributed by atoms with E-state index < -0.39 is 28.4 Å². The van der Waals surface area contributed by atoms with E-state index in [9.17, 15) is 20.0 Å². The summed E-state index contributed by atoms with van der Waals surface area (Å²) in [6, 6.07) is 15.1. The number of benzene rings is 3. The number of rotatable bonds is 4. The number of carbonyl (C=O) groups excluding carboxylic acids is 1. The molecule has 2 N–H and O–H groups in total. The molecule has 0 saturated heterocycles. The van der Waals surface area contributed by atoms with E-state index in [4.69, 9.17) is 9.47 Å². The lowest BCUT2D eigenvalue weighted by Gasteiger charge is -2.25. The third kappa shape index (κ3) is 3.79. The molecular weight excluding hydrogens is 378 g/mol. The number of aromatic hydroxyl groups is 1. The monoisotopic (exact) mass is 393 g/mol. The molecule has 3 aromatic rings. The van der Waals surface area contributed by atoms with Crippen LogP contribution in [0, 0.1) is 10.1 Å². The minimum atomic E-state index is -0.894. The Hall–Kier alpha value is -4.14. The molecule has 9 heteroatoms. The molecule has 9 nitrogen and oxygen atoms in total. The predicted octanol–water partition coefficient (Wildman–Crippen LogP) is 2.74. The highest BCUT2D eigenvalue weighted by molar-refractivity contribution is 5.88. The summed E-state index contributed by atoms with van der Waals surface area (Å²) in [5, 5.41) is 26.0. The first-order chi connectivity index (χ1) is 14.0. The highest BCUT2D eigenvalue weighted by Crippen LogP contribution is 2.35. The van der Waals surface area contributed by atoms with Gasteiger partial charge in [0.15, 0.2) is 17.2 Å². The summed E-state index contributed by atoms with van der Waals surface area (Å²) in [5.41, 5.74) is 2.21. The van der Waals surface area contributed by atoms with Gasteiger partial charge in [0, 0.05) is 11.6 Å². The number of hydrogen-bond acceptors (Lipinski definition) is 7. The number of carbonyl (C=O) groups is 1. The molecule has 1 aliphatic rings. The first kappa shape index (κ1) is 18.2. The van der Waals surface area contributed by atoms with Crippen molar-refractivity contribution in [2.24, 2.45) is 5.10 Å². The number of fused-ring (bicyclic) bond motifs is 2. The standard InChI is InChI=1S/C20H15N3O6/c24-16-6-5-12(7-15(16)23(26)27)10-21-22-20(25)19-11-28-17-8-13-3-1-2-4-14(13)9-18(17)29-19/h1-10,19,24H,11H2,(H,22,25)/b21-10+. The van der Waals surface area contributed by atoms with Crippen molar-refractivity contribution < 1.29 is 24.3 Å². The predicted molar refractivity (Wildman–Crippen MR) is 104 cm³/mol. The number of amides is 1. The van der Waals surface area contributed by atoms with Crippen molar-refractivity contribution in [3.63, 3.8) is 0 Å². The summed E-state index contributed by atoms with van der Waals surface area (Å²) in [7, 11) is 0. The van der Waals surface area contributed by atoms with Crippen LogP contribution in [0.2, 0.25) is 0 Å². The maximum Gasteiger partial charge on any atom is 0.311 e. The van der Waals surface area contributed by atoms with Crippen LogP contribution >= 0.6 is 0 Å². The van der Waals surface area contributed by atoms with Gasteiger partial charge in [-0.05, 0) is 35.0 Å². The van der Waals surface area contributed by atoms with Crippen LogP contribution in [0.25, 0.3) is 10.8 Å². The quantitative estimate of drug-likeness (QED) is 0.399. The van der Waals surface area contributed by atoms with E-state index in [0.717, 1.165) is 16.8 Å². The average Bonchev–Trinajstić information content (AvgIpc) is 2.72. The zero-order valence-corrected chi connectivity index (χ0v) is 14.9. The second-order valence-electron chi connectivity index (χ2n) is 6.30. The fourth-order valence-corrected chi connectivity index (χ4v) is 2.89. The van der Waals surface area contributed by atoms with Gasteiger partial charge in [-0.25, -0.2) is 5.43 Å². The van der Waals surface area contributed by atoms with Gasteiger partial charge in [0.2, 0.25) is 6.10 Å². The van der Waals surface area contributed by atoms with Gasteiger partial charge in [-0.3, -0.25) is 14.9 Å². The minimum Gasteiger partial charge on any atom is -0.502 e. The van der Waals surface area contributed by atoms with Gasteiger partial charge in [0.05, 0.1) is 11.1 Å². The Morgan fingerprint density at radius 3 is 2.62 bits per heavy atom. The van der Waals surface area contributed by atoms with Gasteiger partial charge in [0.1, 0.15) is 6.61 Å². The molecule has 0 radical (unpaired) electrons. The fraction of sp³-hybridized carbons (Fsp3) is 0.100. The van der Waals surface area contributed by atoms with E-state index in [2.05, 4.69) is 10.5 Å². The number of ether oxygens (including phenoxy) is 2. The number of nitrogens with one attached hydrogen (secondary N) is 1. The Morgan fingerprint density at radius 2 is 1.90 bits per heavy atom. The molecule has 0 fully saturated rings. The van der Waals surface area contributed by atoms with E-state index in [1.165, 1.54) is 18.3 Å². The maximum absolute atomic E-state index is 12.3. The normalized spacial score (nSPS) is 15.4. The van der Waals surface area contributed by atoms with Crippen LogP contribution in [-0.2, 0) is 4.79 Å². The van der Waals surface area contributed by atoms with Crippen molar-refractivity contribution in [2.45, 2.75) is 6.10 Å². The van der Waals surface area contributed by atoms with Gasteiger partial charge in [0.25, 0.3) is 5.91 Å². The first-order valence-corrected chi connectivity index (χ1v) is 8.64.